The summed E-state index contributed by atoms with van der Waals surface area (Å²) in [7, 11) is 1.35. The van der Waals surface area contributed by atoms with Gasteiger partial charge >= 0.3 is 5.97 Å². The van der Waals surface area contributed by atoms with E-state index < -0.39 is 6.10 Å². The van der Waals surface area contributed by atoms with Crippen LogP contribution in [0.1, 0.15) is 29.6 Å². The van der Waals surface area contributed by atoms with Crippen molar-refractivity contribution >= 4 is 5.97 Å². The topological polar surface area (TPSA) is 59.0 Å². The standard InChI is InChI=1S/C16H23NO4/c1-20-16(19)13-5-7-15(8-6-13)21-12-14(18)11-17-9-3-2-4-10-17/h5-8,14,18H,2-4,9-12H2,1H3/t14-/m1/s1. The third kappa shape index (κ3) is 5.02. The van der Waals surface area contributed by atoms with E-state index in [0.29, 0.717) is 17.9 Å². The Kier molecular flexibility index (Phi) is 6.02. The number of carbonyl (C=O) groups is 1. The molecule has 1 atom stereocenters. The monoisotopic (exact) mass is 293 g/mol. The molecule has 0 saturated carbocycles. The van der Waals surface area contributed by atoms with Gasteiger partial charge in [0.2, 0.25) is 0 Å². The Labute approximate surface area is 125 Å². The van der Waals surface area contributed by atoms with E-state index in [4.69, 9.17) is 4.74 Å². The highest BCUT2D eigenvalue weighted by Gasteiger charge is 2.15. The van der Waals surface area contributed by atoms with Crippen molar-refractivity contribution in [2.24, 2.45) is 0 Å². The highest BCUT2D eigenvalue weighted by atomic mass is 16.5. The Balaban J connectivity index is 1.75. The van der Waals surface area contributed by atoms with Gasteiger partial charge in [0.25, 0.3) is 0 Å². The summed E-state index contributed by atoms with van der Waals surface area (Å²) in [5.74, 6) is 0.270. The number of aliphatic hydroxyl groups excluding tert-OH is 1. The maximum atomic E-state index is 11.3. The van der Waals surface area contributed by atoms with Gasteiger partial charge in [0.1, 0.15) is 18.5 Å². The summed E-state index contributed by atoms with van der Waals surface area (Å²) < 4.78 is 10.2. The quantitative estimate of drug-likeness (QED) is 0.809. The Morgan fingerprint density at radius 2 is 1.90 bits per heavy atom. The van der Waals surface area contributed by atoms with Crippen LogP contribution in [0.2, 0.25) is 0 Å². The first-order chi connectivity index (χ1) is 10.2. The molecule has 5 heteroatoms. The van der Waals surface area contributed by atoms with Gasteiger partial charge in [-0.15, -0.1) is 0 Å². The van der Waals surface area contributed by atoms with Crippen molar-refractivity contribution in [1.82, 2.24) is 4.90 Å². The van der Waals surface area contributed by atoms with Gasteiger partial charge in [-0.3, -0.25) is 0 Å². The van der Waals surface area contributed by atoms with Gasteiger partial charge in [-0.1, -0.05) is 6.42 Å². The molecule has 116 valence electrons. The first kappa shape index (κ1) is 15.8. The molecule has 1 heterocycles. The molecule has 0 spiro atoms. The minimum atomic E-state index is -0.497. The van der Waals surface area contributed by atoms with Crippen molar-refractivity contribution in [2.45, 2.75) is 25.4 Å². The summed E-state index contributed by atoms with van der Waals surface area (Å²) in [5, 5.41) is 10.0. The largest absolute Gasteiger partial charge is 0.491 e. The number of piperidine rings is 1. The van der Waals surface area contributed by atoms with Crippen molar-refractivity contribution in [3.63, 3.8) is 0 Å². The Morgan fingerprint density at radius 3 is 2.52 bits per heavy atom. The fourth-order valence-electron chi connectivity index (χ4n) is 2.49. The molecule has 0 aliphatic carbocycles. The summed E-state index contributed by atoms with van der Waals surface area (Å²) in [6.45, 7) is 3.03. The van der Waals surface area contributed by atoms with Crippen molar-refractivity contribution in [2.75, 3.05) is 33.4 Å². The lowest BCUT2D eigenvalue weighted by Crippen LogP contribution is -2.38. The molecule has 1 aliphatic rings. The summed E-state index contributed by atoms with van der Waals surface area (Å²) >= 11 is 0. The molecular formula is C16H23NO4. The second kappa shape index (κ2) is 8.00. The molecule has 0 aromatic heterocycles. The molecule has 0 unspecified atom stereocenters. The third-order valence-electron chi connectivity index (χ3n) is 3.64. The van der Waals surface area contributed by atoms with E-state index in [1.165, 1.54) is 26.4 Å². The number of hydrogen-bond donors (Lipinski definition) is 1. The van der Waals surface area contributed by atoms with Crippen LogP contribution in [0.5, 0.6) is 5.75 Å². The van der Waals surface area contributed by atoms with E-state index in [0.717, 1.165) is 13.1 Å². The molecule has 1 aromatic carbocycles. The minimum Gasteiger partial charge on any atom is -0.491 e. The predicted octanol–water partition coefficient (Wildman–Crippen LogP) is 1.70. The van der Waals surface area contributed by atoms with E-state index in [1.54, 1.807) is 24.3 Å². The van der Waals surface area contributed by atoms with Gasteiger partial charge in [0.05, 0.1) is 12.7 Å². The molecule has 0 bridgehead atoms. The summed E-state index contributed by atoms with van der Waals surface area (Å²) in [5.41, 5.74) is 0.485. The Bertz CT molecular complexity index is 440. The van der Waals surface area contributed by atoms with Crippen LogP contribution in [0.4, 0.5) is 0 Å². The van der Waals surface area contributed by atoms with Gasteiger partial charge in [-0.25, -0.2) is 4.79 Å². The van der Waals surface area contributed by atoms with Crippen LogP contribution < -0.4 is 4.74 Å². The van der Waals surface area contributed by atoms with Crippen LogP contribution in [0, 0.1) is 0 Å². The van der Waals surface area contributed by atoms with Crippen LogP contribution in [-0.2, 0) is 4.74 Å². The molecule has 1 saturated heterocycles. The number of rotatable bonds is 6. The minimum absolute atomic E-state index is 0.258. The highest BCUT2D eigenvalue weighted by Crippen LogP contribution is 2.14. The number of carbonyl (C=O) groups excluding carboxylic acids is 1. The number of nitrogens with zero attached hydrogens (tertiary/aromatic N) is 1. The molecular weight excluding hydrogens is 270 g/mol. The van der Waals surface area contributed by atoms with Crippen molar-refractivity contribution in [3.05, 3.63) is 29.8 Å². The molecule has 21 heavy (non-hydrogen) atoms. The number of methoxy groups -OCH3 is 1. The van der Waals surface area contributed by atoms with E-state index in [9.17, 15) is 9.90 Å². The fourth-order valence-corrected chi connectivity index (χ4v) is 2.49. The highest BCUT2D eigenvalue weighted by molar-refractivity contribution is 5.89. The number of esters is 1. The second-order valence-electron chi connectivity index (χ2n) is 5.34. The number of β-amino-alcohol motifs (C(OH)–C–C–N with tert-alkyl or cyclic N) is 1. The predicted molar refractivity (Wildman–Crippen MR) is 79.6 cm³/mol. The van der Waals surface area contributed by atoms with Crippen molar-refractivity contribution in [3.8, 4) is 5.75 Å². The van der Waals surface area contributed by atoms with Crippen molar-refractivity contribution < 1.29 is 19.4 Å². The summed E-state index contributed by atoms with van der Waals surface area (Å²) in [4.78, 5) is 13.6. The number of benzene rings is 1. The zero-order valence-electron chi connectivity index (χ0n) is 12.5. The van der Waals surface area contributed by atoms with Crippen LogP contribution in [-0.4, -0.2) is 55.4 Å². The van der Waals surface area contributed by atoms with Crippen molar-refractivity contribution in [1.29, 1.82) is 0 Å². The van der Waals surface area contributed by atoms with E-state index in [-0.39, 0.29) is 12.6 Å². The average molecular weight is 293 g/mol. The number of ether oxygens (including phenoxy) is 2. The SMILES string of the molecule is COC(=O)c1ccc(OC[C@H](O)CN2CCCCC2)cc1. The lowest BCUT2D eigenvalue weighted by atomic mass is 10.1. The second-order valence-corrected chi connectivity index (χ2v) is 5.34. The normalized spacial score (nSPS) is 17.2. The zero-order valence-corrected chi connectivity index (χ0v) is 12.5. The first-order valence-corrected chi connectivity index (χ1v) is 7.40. The van der Waals surface area contributed by atoms with Gasteiger partial charge in [0.15, 0.2) is 0 Å². The van der Waals surface area contributed by atoms with Crippen LogP contribution in [0.15, 0.2) is 24.3 Å². The average Bonchev–Trinajstić information content (AvgIpc) is 2.53. The Hall–Kier alpha value is -1.59. The van der Waals surface area contributed by atoms with E-state index in [1.807, 2.05) is 0 Å². The molecule has 1 aromatic rings. The van der Waals surface area contributed by atoms with Crippen LogP contribution in [0.25, 0.3) is 0 Å². The zero-order chi connectivity index (χ0) is 15.1. The lowest BCUT2D eigenvalue weighted by molar-refractivity contribution is 0.0596. The molecule has 1 aliphatic heterocycles. The molecule has 1 N–H and O–H groups in total. The maximum Gasteiger partial charge on any atom is 0.337 e. The Morgan fingerprint density at radius 1 is 1.24 bits per heavy atom. The molecule has 2 rings (SSSR count). The van der Waals surface area contributed by atoms with Gasteiger partial charge in [-0.05, 0) is 50.2 Å². The summed E-state index contributed by atoms with van der Waals surface area (Å²) in [6, 6.07) is 6.72. The number of aliphatic hydroxyl groups is 1. The molecule has 1 fully saturated rings. The fraction of sp³-hybridized carbons (Fsp3) is 0.562. The summed E-state index contributed by atoms with van der Waals surface area (Å²) in [6.07, 6.45) is 3.21. The lowest BCUT2D eigenvalue weighted by Gasteiger charge is -2.28. The van der Waals surface area contributed by atoms with Gasteiger partial charge in [-0.2, -0.15) is 0 Å². The first-order valence-electron chi connectivity index (χ1n) is 7.40. The van der Waals surface area contributed by atoms with Crippen LogP contribution in [0.3, 0.4) is 0 Å². The smallest absolute Gasteiger partial charge is 0.337 e. The molecule has 0 amide bonds. The molecule has 0 radical (unpaired) electrons. The number of hydrogen-bond acceptors (Lipinski definition) is 5. The van der Waals surface area contributed by atoms with Gasteiger partial charge < -0.3 is 19.5 Å². The van der Waals surface area contributed by atoms with E-state index in [2.05, 4.69) is 9.64 Å². The maximum absolute atomic E-state index is 11.3. The van der Waals surface area contributed by atoms with Crippen LogP contribution >= 0.6 is 0 Å². The number of likely N-dealkylation sites (tertiary alicyclic amines) is 1. The third-order valence-corrected chi connectivity index (χ3v) is 3.64. The van der Waals surface area contributed by atoms with Gasteiger partial charge in [0, 0.05) is 6.54 Å². The molecule has 5 nitrogen and oxygen atoms in total. The van der Waals surface area contributed by atoms with E-state index >= 15 is 0 Å².